The molecular formula is C20H22N4O2. The molecule has 1 atom stereocenters. The Morgan fingerprint density at radius 1 is 1.12 bits per heavy atom. The van der Waals surface area contributed by atoms with Crippen LogP contribution in [0.2, 0.25) is 0 Å². The fraction of sp³-hybridized carbons (Fsp3) is 0.150. The van der Waals surface area contributed by atoms with Crippen LogP contribution in [0.15, 0.2) is 78.3 Å². The molecule has 26 heavy (non-hydrogen) atoms. The molecule has 1 unspecified atom stereocenters. The van der Waals surface area contributed by atoms with Gasteiger partial charge in [0, 0.05) is 29.2 Å². The maximum atomic E-state index is 11.9. The number of amides is 1. The van der Waals surface area contributed by atoms with Crippen molar-refractivity contribution < 1.29 is 9.53 Å². The molecule has 2 aromatic carbocycles. The van der Waals surface area contributed by atoms with Gasteiger partial charge < -0.3 is 21.1 Å². The van der Waals surface area contributed by atoms with Gasteiger partial charge in [0.25, 0.3) is 0 Å². The standard InChI is InChI=1S/C20H22N4O2/c1-14-11-18(12-19(21)22-14)23-16-7-9-17(10-8-16)24-20(25)26-13-15-5-3-2-4-6-15/h2-12,14,22-23H,13,21H2,1H3,(H,24,25). The van der Waals surface area contributed by atoms with Gasteiger partial charge in [-0.15, -0.1) is 0 Å². The number of nitrogens with one attached hydrogen (secondary N) is 3. The molecule has 1 aliphatic heterocycles. The van der Waals surface area contributed by atoms with E-state index in [1.165, 1.54) is 0 Å². The van der Waals surface area contributed by atoms with Crippen molar-refractivity contribution in [3.05, 3.63) is 83.8 Å². The number of rotatable bonds is 5. The van der Waals surface area contributed by atoms with Crippen LogP contribution in [0.1, 0.15) is 12.5 Å². The lowest BCUT2D eigenvalue weighted by atomic mass is 10.2. The smallest absolute Gasteiger partial charge is 0.411 e. The Balaban J connectivity index is 1.52. The van der Waals surface area contributed by atoms with E-state index in [1.807, 2.05) is 73.7 Å². The van der Waals surface area contributed by atoms with Gasteiger partial charge in [-0.05, 0) is 42.8 Å². The number of ether oxygens (including phenoxy) is 1. The van der Waals surface area contributed by atoms with Crippen molar-refractivity contribution >= 4 is 17.5 Å². The molecule has 0 radical (unpaired) electrons. The second kappa shape index (κ2) is 8.11. The number of carbonyl (C=O) groups excluding carboxylic acids is 1. The highest BCUT2D eigenvalue weighted by Crippen LogP contribution is 2.17. The summed E-state index contributed by atoms with van der Waals surface area (Å²) in [6.07, 6.45) is 3.40. The van der Waals surface area contributed by atoms with Gasteiger partial charge in [0.2, 0.25) is 0 Å². The van der Waals surface area contributed by atoms with E-state index in [9.17, 15) is 4.79 Å². The number of carbonyl (C=O) groups is 1. The van der Waals surface area contributed by atoms with Crippen LogP contribution in [0.5, 0.6) is 0 Å². The Bertz CT molecular complexity index is 813. The predicted molar refractivity (Wildman–Crippen MR) is 103 cm³/mol. The van der Waals surface area contributed by atoms with Gasteiger partial charge >= 0.3 is 6.09 Å². The largest absolute Gasteiger partial charge is 0.444 e. The molecule has 0 aliphatic carbocycles. The number of dihydropyridines is 1. The van der Waals surface area contributed by atoms with Crippen molar-refractivity contribution in [1.29, 1.82) is 0 Å². The first-order valence-electron chi connectivity index (χ1n) is 8.39. The molecule has 1 aliphatic rings. The summed E-state index contributed by atoms with van der Waals surface area (Å²) in [7, 11) is 0. The zero-order chi connectivity index (χ0) is 18.4. The zero-order valence-electron chi connectivity index (χ0n) is 14.5. The van der Waals surface area contributed by atoms with Crippen molar-refractivity contribution in [2.75, 3.05) is 10.6 Å². The van der Waals surface area contributed by atoms with E-state index >= 15 is 0 Å². The lowest BCUT2D eigenvalue weighted by molar-refractivity contribution is 0.155. The molecule has 0 saturated heterocycles. The van der Waals surface area contributed by atoms with Gasteiger partial charge in [-0.2, -0.15) is 0 Å². The maximum absolute atomic E-state index is 11.9. The molecule has 0 spiro atoms. The van der Waals surface area contributed by atoms with Gasteiger partial charge in [0.15, 0.2) is 0 Å². The van der Waals surface area contributed by atoms with E-state index < -0.39 is 6.09 Å². The fourth-order valence-corrected chi connectivity index (χ4v) is 2.59. The molecule has 134 valence electrons. The van der Waals surface area contributed by atoms with E-state index in [2.05, 4.69) is 16.0 Å². The van der Waals surface area contributed by atoms with Crippen LogP contribution in [0, 0.1) is 0 Å². The normalized spacial score (nSPS) is 16.0. The van der Waals surface area contributed by atoms with Gasteiger partial charge in [-0.1, -0.05) is 30.3 Å². The first-order chi connectivity index (χ1) is 12.6. The minimum Gasteiger partial charge on any atom is -0.444 e. The van der Waals surface area contributed by atoms with Crippen LogP contribution < -0.4 is 21.7 Å². The fourth-order valence-electron chi connectivity index (χ4n) is 2.59. The van der Waals surface area contributed by atoms with E-state index in [0.717, 1.165) is 16.9 Å². The quantitative estimate of drug-likeness (QED) is 0.663. The molecule has 0 aromatic heterocycles. The number of anilines is 2. The van der Waals surface area contributed by atoms with E-state index in [1.54, 1.807) is 0 Å². The summed E-state index contributed by atoms with van der Waals surface area (Å²) in [4.78, 5) is 11.9. The van der Waals surface area contributed by atoms with Crippen molar-refractivity contribution in [2.45, 2.75) is 19.6 Å². The molecule has 0 bridgehead atoms. The van der Waals surface area contributed by atoms with E-state index in [-0.39, 0.29) is 12.6 Å². The van der Waals surface area contributed by atoms with E-state index in [4.69, 9.17) is 10.5 Å². The summed E-state index contributed by atoms with van der Waals surface area (Å²) in [5.41, 5.74) is 9.26. The number of allylic oxidation sites excluding steroid dienone is 1. The predicted octanol–water partition coefficient (Wildman–Crippen LogP) is 3.52. The lowest BCUT2D eigenvalue weighted by Gasteiger charge is -2.20. The van der Waals surface area contributed by atoms with Crippen molar-refractivity contribution in [3.63, 3.8) is 0 Å². The average molecular weight is 350 g/mol. The molecule has 0 fully saturated rings. The molecule has 5 N–H and O–H groups in total. The molecule has 1 heterocycles. The molecule has 6 nitrogen and oxygen atoms in total. The summed E-state index contributed by atoms with van der Waals surface area (Å²) < 4.78 is 5.20. The first kappa shape index (κ1) is 17.4. The summed E-state index contributed by atoms with van der Waals surface area (Å²) >= 11 is 0. The van der Waals surface area contributed by atoms with Gasteiger partial charge in [0.05, 0.1) is 5.82 Å². The molecule has 6 heteroatoms. The van der Waals surface area contributed by atoms with Crippen molar-refractivity contribution in [2.24, 2.45) is 5.73 Å². The topological polar surface area (TPSA) is 88.4 Å². The molecule has 1 amide bonds. The second-order valence-corrected chi connectivity index (χ2v) is 6.04. The summed E-state index contributed by atoms with van der Waals surface area (Å²) in [5.74, 6) is 0.627. The lowest BCUT2D eigenvalue weighted by Crippen LogP contribution is -2.31. The number of nitrogens with two attached hydrogens (primary N) is 1. The van der Waals surface area contributed by atoms with Gasteiger partial charge in [0.1, 0.15) is 6.61 Å². The second-order valence-electron chi connectivity index (χ2n) is 6.04. The third-order valence-electron chi connectivity index (χ3n) is 3.77. The van der Waals surface area contributed by atoms with Crippen LogP contribution >= 0.6 is 0 Å². The monoisotopic (exact) mass is 350 g/mol. The highest BCUT2D eigenvalue weighted by Gasteiger charge is 2.08. The third-order valence-corrected chi connectivity index (χ3v) is 3.77. The Hall–Kier alpha value is -3.41. The van der Waals surface area contributed by atoms with Crippen LogP contribution in [0.25, 0.3) is 0 Å². The SMILES string of the molecule is CC1C=C(Nc2ccc(NC(=O)OCc3ccccc3)cc2)C=C(N)N1. The van der Waals surface area contributed by atoms with Crippen LogP contribution in [-0.4, -0.2) is 12.1 Å². The van der Waals surface area contributed by atoms with Crippen LogP contribution in [0.4, 0.5) is 16.2 Å². The van der Waals surface area contributed by atoms with Gasteiger partial charge in [-0.25, -0.2) is 4.79 Å². The van der Waals surface area contributed by atoms with Crippen molar-refractivity contribution in [1.82, 2.24) is 5.32 Å². The minimum absolute atomic E-state index is 0.169. The highest BCUT2D eigenvalue weighted by molar-refractivity contribution is 5.84. The summed E-state index contributed by atoms with van der Waals surface area (Å²) in [6, 6.07) is 17.1. The number of benzene rings is 2. The number of hydrogen-bond acceptors (Lipinski definition) is 5. The maximum Gasteiger partial charge on any atom is 0.411 e. The summed E-state index contributed by atoms with van der Waals surface area (Å²) in [6.45, 7) is 2.26. The first-order valence-corrected chi connectivity index (χ1v) is 8.39. The van der Waals surface area contributed by atoms with Crippen LogP contribution in [-0.2, 0) is 11.3 Å². The Morgan fingerprint density at radius 3 is 2.50 bits per heavy atom. The average Bonchev–Trinajstić information content (AvgIpc) is 2.62. The molecular weight excluding hydrogens is 328 g/mol. The Morgan fingerprint density at radius 2 is 1.81 bits per heavy atom. The Kier molecular flexibility index (Phi) is 5.43. The van der Waals surface area contributed by atoms with Gasteiger partial charge in [-0.3, -0.25) is 5.32 Å². The molecule has 0 saturated carbocycles. The van der Waals surface area contributed by atoms with Crippen molar-refractivity contribution in [3.8, 4) is 0 Å². The number of hydrogen-bond donors (Lipinski definition) is 4. The third kappa shape index (κ3) is 5.04. The van der Waals surface area contributed by atoms with E-state index in [0.29, 0.717) is 11.5 Å². The zero-order valence-corrected chi connectivity index (χ0v) is 14.5. The minimum atomic E-state index is -0.486. The molecule has 3 rings (SSSR count). The molecule has 2 aromatic rings. The van der Waals surface area contributed by atoms with Crippen LogP contribution in [0.3, 0.4) is 0 Å². The summed E-state index contributed by atoms with van der Waals surface area (Å²) in [5, 5.41) is 9.11. The highest BCUT2D eigenvalue weighted by atomic mass is 16.5. The Labute approximate surface area is 152 Å².